The van der Waals surface area contributed by atoms with Gasteiger partial charge in [0.05, 0.1) is 18.6 Å². The van der Waals surface area contributed by atoms with Gasteiger partial charge in [0.2, 0.25) is 0 Å². The number of fused-ring (bicyclic) bond motifs is 1. The number of piperazine rings is 1. The van der Waals surface area contributed by atoms with Gasteiger partial charge >= 0.3 is 0 Å². The molecule has 0 spiro atoms. The summed E-state index contributed by atoms with van der Waals surface area (Å²) in [6, 6.07) is 10.4. The molecule has 1 fully saturated rings. The van der Waals surface area contributed by atoms with Crippen LogP contribution in [0.25, 0.3) is 22.4 Å². The maximum Gasteiger partial charge on any atom is 0.182 e. The predicted molar refractivity (Wildman–Crippen MR) is 107 cm³/mol. The molecule has 0 atom stereocenters. The van der Waals surface area contributed by atoms with Crippen molar-refractivity contribution in [3.8, 4) is 11.3 Å². The molecule has 5 rings (SSSR count). The average Bonchev–Trinajstić information content (AvgIpc) is 3.38. The van der Waals surface area contributed by atoms with Crippen LogP contribution in [0.5, 0.6) is 0 Å². The summed E-state index contributed by atoms with van der Waals surface area (Å²) in [6.07, 6.45) is 3.26. The number of thiazole rings is 1. The molecule has 1 N–H and O–H groups in total. The zero-order valence-electron chi connectivity index (χ0n) is 14.7. The Morgan fingerprint density at radius 3 is 2.70 bits per heavy atom. The van der Waals surface area contributed by atoms with Crippen molar-refractivity contribution in [2.45, 2.75) is 6.54 Å². The highest BCUT2D eigenvalue weighted by Gasteiger charge is 2.21. The standard InChI is InChI=1S/C19H19N7S/c1-2-4-14(5-3-1)15-11-27-16(24-15)10-25-6-8-26(9-7-25)19-17-18(21-12-20-17)22-13-23-19/h1-5,11-13H,6-10H2,(H,20,21,22,23). The number of nitrogens with one attached hydrogen (secondary N) is 1. The molecule has 4 heterocycles. The number of rotatable bonds is 4. The summed E-state index contributed by atoms with van der Waals surface area (Å²) in [5.41, 5.74) is 3.88. The Labute approximate surface area is 160 Å². The SMILES string of the molecule is c1ccc(-c2csc(CN3CCN(c4ncnc5nc[nH]c45)CC3)n2)cc1. The van der Waals surface area contributed by atoms with Crippen LogP contribution in [0.15, 0.2) is 48.4 Å². The second-order valence-corrected chi connectivity index (χ2v) is 7.50. The summed E-state index contributed by atoms with van der Waals surface area (Å²) >= 11 is 1.74. The van der Waals surface area contributed by atoms with Gasteiger partial charge in [0.15, 0.2) is 11.5 Å². The highest BCUT2D eigenvalue weighted by atomic mass is 32.1. The lowest BCUT2D eigenvalue weighted by atomic mass is 10.2. The smallest absolute Gasteiger partial charge is 0.182 e. The molecule has 0 radical (unpaired) electrons. The first-order chi connectivity index (χ1) is 13.4. The van der Waals surface area contributed by atoms with Crippen LogP contribution in [-0.4, -0.2) is 56.0 Å². The first-order valence-electron chi connectivity index (χ1n) is 8.98. The number of nitrogens with zero attached hydrogens (tertiary/aromatic N) is 6. The lowest BCUT2D eigenvalue weighted by molar-refractivity contribution is 0.249. The van der Waals surface area contributed by atoms with Crippen molar-refractivity contribution in [3.63, 3.8) is 0 Å². The van der Waals surface area contributed by atoms with Crippen LogP contribution in [0.3, 0.4) is 0 Å². The van der Waals surface area contributed by atoms with Crippen LogP contribution in [0.1, 0.15) is 5.01 Å². The number of benzene rings is 1. The van der Waals surface area contributed by atoms with Gasteiger partial charge in [0.1, 0.15) is 16.9 Å². The van der Waals surface area contributed by atoms with Crippen molar-refractivity contribution >= 4 is 28.3 Å². The summed E-state index contributed by atoms with van der Waals surface area (Å²) in [5.74, 6) is 0.942. The Kier molecular flexibility index (Phi) is 4.27. The zero-order valence-corrected chi connectivity index (χ0v) is 15.6. The van der Waals surface area contributed by atoms with Gasteiger partial charge < -0.3 is 9.88 Å². The number of H-pyrrole nitrogens is 1. The van der Waals surface area contributed by atoms with E-state index in [2.05, 4.69) is 59.4 Å². The molecule has 7 nitrogen and oxygen atoms in total. The fourth-order valence-corrected chi connectivity index (χ4v) is 4.27. The summed E-state index contributed by atoms with van der Waals surface area (Å²) in [5, 5.41) is 3.32. The minimum Gasteiger partial charge on any atom is -0.352 e. The fraction of sp³-hybridized carbons (Fsp3) is 0.263. The van der Waals surface area contributed by atoms with Crippen LogP contribution >= 0.6 is 11.3 Å². The van der Waals surface area contributed by atoms with Crippen molar-refractivity contribution in [2.24, 2.45) is 0 Å². The molecule has 0 amide bonds. The van der Waals surface area contributed by atoms with Gasteiger partial charge in [0, 0.05) is 37.1 Å². The highest BCUT2D eigenvalue weighted by molar-refractivity contribution is 7.09. The molecule has 0 bridgehead atoms. The van der Waals surface area contributed by atoms with E-state index >= 15 is 0 Å². The quantitative estimate of drug-likeness (QED) is 0.590. The van der Waals surface area contributed by atoms with E-state index < -0.39 is 0 Å². The molecule has 4 aromatic rings. The zero-order chi connectivity index (χ0) is 18.1. The van der Waals surface area contributed by atoms with Crippen molar-refractivity contribution in [1.82, 2.24) is 29.8 Å². The fourth-order valence-electron chi connectivity index (χ4n) is 3.43. The normalized spacial score (nSPS) is 15.5. The first-order valence-corrected chi connectivity index (χ1v) is 9.86. The van der Waals surface area contributed by atoms with E-state index in [1.54, 1.807) is 24.0 Å². The molecule has 27 heavy (non-hydrogen) atoms. The first kappa shape index (κ1) is 16.3. The summed E-state index contributed by atoms with van der Waals surface area (Å²) in [7, 11) is 0. The Morgan fingerprint density at radius 1 is 1.00 bits per heavy atom. The van der Waals surface area contributed by atoms with E-state index in [0.29, 0.717) is 0 Å². The predicted octanol–water partition coefficient (Wildman–Crippen LogP) is 2.80. The van der Waals surface area contributed by atoms with Crippen LogP contribution in [-0.2, 0) is 6.54 Å². The van der Waals surface area contributed by atoms with Gasteiger partial charge in [-0.2, -0.15) is 0 Å². The summed E-state index contributed by atoms with van der Waals surface area (Å²) < 4.78 is 0. The van der Waals surface area contributed by atoms with Crippen LogP contribution in [0.2, 0.25) is 0 Å². The molecular formula is C19H19N7S. The molecule has 136 valence electrons. The summed E-state index contributed by atoms with van der Waals surface area (Å²) in [4.78, 5) is 25.6. The third-order valence-corrected chi connectivity index (χ3v) is 5.69. The summed E-state index contributed by atoms with van der Waals surface area (Å²) in [6.45, 7) is 4.73. The van der Waals surface area contributed by atoms with E-state index in [-0.39, 0.29) is 0 Å². The van der Waals surface area contributed by atoms with Gasteiger partial charge in [0.25, 0.3) is 0 Å². The Hall–Kier alpha value is -2.84. The Morgan fingerprint density at radius 2 is 1.85 bits per heavy atom. The van der Waals surface area contributed by atoms with Crippen LogP contribution in [0.4, 0.5) is 5.82 Å². The minimum absolute atomic E-state index is 0.721. The number of anilines is 1. The maximum absolute atomic E-state index is 4.82. The third-order valence-electron chi connectivity index (χ3n) is 4.85. The van der Waals surface area contributed by atoms with Gasteiger partial charge in [-0.05, 0) is 0 Å². The molecule has 1 aliphatic heterocycles. The molecule has 3 aromatic heterocycles. The number of hydrogen-bond acceptors (Lipinski definition) is 7. The maximum atomic E-state index is 4.82. The third kappa shape index (κ3) is 3.29. The Balaban J connectivity index is 1.24. The van der Waals surface area contributed by atoms with Crippen LogP contribution in [0, 0.1) is 0 Å². The van der Waals surface area contributed by atoms with Gasteiger partial charge in [-0.1, -0.05) is 30.3 Å². The lowest BCUT2D eigenvalue weighted by Crippen LogP contribution is -2.46. The molecule has 8 heteroatoms. The van der Waals surface area contributed by atoms with Crippen molar-refractivity contribution in [2.75, 3.05) is 31.1 Å². The number of aromatic nitrogens is 5. The van der Waals surface area contributed by atoms with Gasteiger partial charge in [-0.25, -0.2) is 19.9 Å². The average molecular weight is 377 g/mol. The Bertz CT molecular complexity index is 1030. The molecule has 0 saturated carbocycles. The van der Waals surface area contributed by atoms with E-state index in [1.807, 2.05) is 6.07 Å². The second-order valence-electron chi connectivity index (χ2n) is 6.55. The number of aromatic amines is 1. The van der Waals surface area contributed by atoms with E-state index in [1.165, 1.54) is 10.6 Å². The molecule has 1 saturated heterocycles. The number of imidazole rings is 1. The largest absolute Gasteiger partial charge is 0.352 e. The van der Waals surface area contributed by atoms with Crippen LogP contribution < -0.4 is 4.90 Å². The van der Waals surface area contributed by atoms with Gasteiger partial charge in [-0.3, -0.25) is 4.90 Å². The monoisotopic (exact) mass is 377 g/mol. The van der Waals surface area contributed by atoms with Crippen molar-refractivity contribution in [1.29, 1.82) is 0 Å². The molecule has 1 aromatic carbocycles. The molecular weight excluding hydrogens is 358 g/mol. The van der Waals surface area contributed by atoms with Gasteiger partial charge in [-0.15, -0.1) is 11.3 Å². The highest BCUT2D eigenvalue weighted by Crippen LogP contribution is 2.24. The lowest BCUT2D eigenvalue weighted by Gasteiger charge is -2.34. The molecule has 0 unspecified atom stereocenters. The molecule has 1 aliphatic rings. The number of hydrogen-bond donors (Lipinski definition) is 1. The minimum atomic E-state index is 0.721. The van der Waals surface area contributed by atoms with E-state index in [0.717, 1.165) is 55.4 Å². The second kappa shape index (κ2) is 7.05. The molecule has 0 aliphatic carbocycles. The topological polar surface area (TPSA) is 73.8 Å². The van der Waals surface area contributed by atoms with Crippen molar-refractivity contribution in [3.05, 3.63) is 53.4 Å². The van der Waals surface area contributed by atoms with E-state index in [9.17, 15) is 0 Å². The van der Waals surface area contributed by atoms with E-state index in [4.69, 9.17) is 4.98 Å². The van der Waals surface area contributed by atoms with Crippen molar-refractivity contribution < 1.29 is 0 Å².